The van der Waals surface area contributed by atoms with Crippen LogP contribution in [-0.2, 0) is 24.3 Å². The van der Waals surface area contributed by atoms with Gasteiger partial charge in [0.15, 0.2) is 0 Å². The van der Waals surface area contributed by atoms with E-state index in [-0.39, 0.29) is 12.0 Å². The fourth-order valence-electron chi connectivity index (χ4n) is 4.12. The van der Waals surface area contributed by atoms with E-state index in [0.29, 0.717) is 12.5 Å². The summed E-state index contributed by atoms with van der Waals surface area (Å²) in [5.41, 5.74) is 3.32. The predicted molar refractivity (Wildman–Crippen MR) is 100 cm³/mol. The maximum atomic E-state index is 12.9. The molecule has 0 aliphatic carbocycles. The van der Waals surface area contributed by atoms with Crippen molar-refractivity contribution in [1.82, 2.24) is 19.8 Å². The van der Waals surface area contributed by atoms with Crippen LogP contribution in [0.3, 0.4) is 0 Å². The Hall–Kier alpha value is -2.27. The Bertz CT molecular complexity index is 746. The average Bonchev–Trinajstić information content (AvgIpc) is 2.95. The summed E-state index contributed by atoms with van der Waals surface area (Å²) >= 11 is 0. The van der Waals surface area contributed by atoms with Crippen LogP contribution in [-0.4, -0.2) is 44.8 Å². The number of piperidine rings is 1. The van der Waals surface area contributed by atoms with E-state index in [1.807, 2.05) is 24.4 Å². The van der Waals surface area contributed by atoms with E-state index in [0.717, 1.165) is 50.3 Å². The van der Waals surface area contributed by atoms with Gasteiger partial charge < -0.3 is 4.90 Å². The van der Waals surface area contributed by atoms with Crippen LogP contribution >= 0.6 is 0 Å². The van der Waals surface area contributed by atoms with Gasteiger partial charge in [0.25, 0.3) is 0 Å². The molecule has 0 radical (unpaired) electrons. The Labute approximate surface area is 155 Å². The van der Waals surface area contributed by atoms with Crippen molar-refractivity contribution < 1.29 is 4.79 Å². The third-order valence-corrected chi connectivity index (χ3v) is 5.61. The van der Waals surface area contributed by atoms with Crippen molar-refractivity contribution in [2.75, 3.05) is 13.1 Å². The molecule has 2 atom stereocenters. The first kappa shape index (κ1) is 17.2. The zero-order chi connectivity index (χ0) is 17.9. The molecule has 5 heteroatoms. The normalized spacial score (nSPS) is 23.3. The van der Waals surface area contributed by atoms with Crippen molar-refractivity contribution >= 4 is 5.91 Å². The summed E-state index contributed by atoms with van der Waals surface area (Å²) in [6.07, 6.45) is 6.87. The van der Waals surface area contributed by atoms with E-state index in [9.17, 15) is 4.79 Å². The molecular weight excluding hydrogens is 324 g/mol. The maximum absolute atomic E-state index is 12.9. The number of fused-ring (bicyclic) bond motifs is 4. The van der Waals surface area contributed by atoms with E-state index in [4.69, 9.17) is 0 Å². The molecule has 5 nitrogen and oxygen atoms in total. The third-order valence-electron chi connectivity index (χ3n) is 5.61. The Balaban J connectivity index is 1.47. The quantitative estimate of drug-likeness (QED) is 0.832. The molecule has 2 aromatic rings. The molecule has 2 bridgehead atoms. The highest BCUT2D eigenvalue weighted by Crippen LogP contribution is 2.30. The number of carbonyl (C=O) groups is 1. The molecule has 0 saturated carbocycles. The molecule has 3 aliphatic rings. The minimum absolute atomic E-state index is 0.104. The number of aromatic nitrogens is 2. The number of hydrogen-bond acceptors (Lipinski definition) is 4. The van der Waals surface area contributed by atoms with Gasteiger partial charge in [0.1, 0.15) is 0 Å². The van der Waals surface area contributed by atoms with Gasteiger partial charge in [-0.25, -0.2) is 0 Å². The molecule has 5 rings (SSSR count). The standard InChI is InChI=1S/C21H26N4O/c1-2-16-6-8-19(23-11-16)13-24-12-17-7-9-20(15-24)25(21(17)26)14-18-5-3-4-10-22-18/h3-6,8,10-11,17,20H,2,7,9,12-15H2,1H3/t17-,20+/m1/s1. The van der Waals surface area contributed by atoms with Crippen LogP contribution < -0.4 is 0 Å². The van der Waals surface area contributed by atoms with Crippen molar-refractivity contribution in [3.63, 3.8) is 0 Å². The van der Waals surface area contributed by atoms with Crippen molar-refractivity contribution in [2.24, 2.45) is 5.92 Å². The number of amides is 1. The van der Waals surface area contributed by atoms with Crippen molar-refractivity contribution in [2.45, 2.75) is 45.3 Å². The lowest BCUT2D eigenvalue weighted by molar-refractivity contribution is -0.140. The number of pyridine rings is 2. The molecule has 0 unspecified atom stereocenters. The van der Waals surface area contributed by atoms with Gasteiger partial charge in [-0.3, -0.25) is 19.7 Å². The van der Waals surface area contributed by atoms with Crippen LogP contribution in [0.5, 0.6) is 0 Å². The predicted octanol–water partition coefficient (Wildman–Crippen LogP) is 2.66. The van der Waals surface area contributed by atoms with Crippen LogP contribution in [0.4, 0.5) is 0 Å². The fourth-order valence-corrected chi connectivity index (χ4v) is 4.12. The van der Waals surface area contributed by atoms with Crippen LogP contribution in [0.25, 0.3) is 0 Å². The van der Waals surface area contributed by atoms with Gasteiger partial charge in [0, 0.05) is 38.1 Å². The highest BCUT2D eigenvalue weighted by atomic mass is 16.2. The Morgan fingerprint density at radius 2 is 1.92 bits per heavy atom. The second kappa shape index (κ2) is 7.54. The van der Waals surface area contributed by atoms with Gasteiger partial charge >= 0.3 is 0 Å². The van der Waals surface area contributed by atoms with Gasteiger partial charge in [-0.1, -0.05) is 19.1 Å². The summed E-state index contributed by atoms with van der Waals surface area (Å²) in [4.78, 5) is 26.4. The van der Waals surface area contributed by atoms with E-state index in [1.54, 1.807) is 6.20 Å². The number of carbonyl (C=O) groups excluding carboxylic acids is 1. The summed E-state index contributed by atoms with van der Waals surface area (Å²) < 4.78 is 0. The minimum atomic E-state index is 0.104. The minimum Gasteiger partial charge on any atom is -0.332 e. The van der Waals surface area contributed by atoms with E-state index < -0.39 is 0 Å². The highest BCUT2D eigenvalue weighted by Gasteiger charge is 2.40. The average molecular weight is 350 g/mol. The largest absolute Gasteiger partial charge is 0.332 e. The lowest BCUT2D eigenvalue weighted by Gasteiger charge is -2.35. The number of rotatable bonds is 5. The molecule has 0 spiro atoms. The number of hydrogen-bond donors (Lipinski definition) is 0. The second-order valence-corrected chi connectivity index (χ2v) is 7.42. The molecular formula is C21H26N4O. The van der Waals surface area contributed by atoms with Gasteiger partial charge in [-0.05, 0) is 43.0 Å². The Kier molecular flexibility index (Phi) is 4.98. The van der Waals surface area contributed by atoms with Crippen molar-refractivity contribution in [1.29, 1.82) is 0 Å². The molecule has 136 valence electrons. The summed E-state index contributed by atoms with van der Waals surface area (Å²) in [6, 6.07) is 10.5. The third kappa shape index (κ3) is 3.63. The summed E-state index contributed by atoms with van der Waals surface area (Å²) in [5, 5.41) is 0. The van der Waals surface area contributed by atoms with E-state index >= 15 is 0 Å². The molecule has 5 heterocycles. The smallest absolute Gasteiger partial charge is 0.227 e. The van der Waals surface area contributed by atoms with E-state index in [1.165, 1.54) is 5.56 Å². The lowest BCUT2D eigenvalue weighted by Crippen LogP contribution is -2.47. The molecule has 26 heavy (non-hydrogen) atoms. The van der Waals surface area contributed by atoms with E-state index in [2.05, 4.69) is 38.8 Å². The monoisotopic (exact) mass is 350 g/mol. The number of aryl methyl sites for hydroxylation is 1. The molecule has 3 saturated heterocycles. The second-order valence-electron chi connectivity index (χ2n) is 7.42. The molecule has 1 amide bonds. The molecule has 3 aliphatic heterocycles. The Morgan fingerprint density at radius 1 is 1.04 bits per heavy atom. The summed E-state index contributed by atoms with van der Waals surface area (Å²) in [6.45, 7) is 5.35. The van der Waals surface area contributed by atoms with Gasteiger partial charge in [0.2, 0.25) is 5.91 Å². The zero-order valence-corrected chi connectivity index (χ0v) is 15.3. The SMILES string of the molecule is CCc1ccc(CN2C[C@H]3CC[C@@H](C2)N(Cc2ccccn2)C3=O)nc1. The topological polar surface area (TPSA) is 49.3 Å². The first-order chi connectivity index (χ1) is 12.7. The summed E-state index contributed by atoms with van der Waals surface area (Å²) in [5.74, 6) is 0.399. The molecule has 2 aromatic heterocycles. The first-order valence-corrected chi connectivity index (χ1v) is 9.59. The molecule has 0 N–H and O–H groups in total. The van der Waals surface area contributed by atoms with Crippen LogP contribution in [0.1, 0.15) is 36.7 Å². The van der Waals surface area contributed by atoms with Gasteiger partial charge in [-0.15, -0.1) is 0 Å². The van der Waals surface area contributed by atoms with Crippen LogP contribution in [0, 0.1) is 5.92 Å². The van der Waals surface area contributed by atoms with Crippen LogP contribution in [0.2, 0.25) is 0 Å². The van der Waals surface area contributed by atoms with Gasteiger partial charge in [-0.2, -0.15) is 0 Å². The maximum Gasteiger partial charge on any atom is 0.227 e. The summed E-state index contributed by atoms with van der Waals surface area (Å²) in [7, 11) is 0. The lowest BCUT2D eigenvalue weighted by atomic mass is 9.94. The highest BCUT2D eigenvalue weighted by molar-refractivity contribution is 5.80. The fraction of sp³-hybridized carbons (Fsp3) is 0.476. The molecule has 3 fully saturated rings. The zero-order valence-electron chi connectivity index (χ0n) is 15.3. The first-order valence-electron chi connectivity index (χ1n) is 9.59. The Morgan fingerprint density at radius 3 is 2.65 bits per heavy atom. The van der Waals surface area contributed by atoms with Crippen molar-refractivity contribution in [3.8, 4) is 0 Å². The van der Waals surface area contributed by atoms with Crippen LogP contribution in [0.15, 0.2) is 42.7 Å². The van der Waals surface area contributed by atoms with Crippen molar-refractivity contribution in [3.05, 3.63) is 59.7 Å². The molecule has 0 aromatic carbocycles. The van der Waals surface area contributed by atoms with Gasteiger partial charge in [0.05, 0.1) is 23.9 Å². The number of nitrogens with zero attached hydrogens (tertiary/aromatic N) is 4.